The van der Waals surface area contributed by atoms with Gasteiger partial charge in [0, 0.05) is 46.7 Å². The Labute approximate surface area is 183 Å². The van der Waals surface area contributed by atoms with E-state index in [4.69, 9.17) is 10.1 Å². The summed E-state index contributed by atoms with van der Waals surface area (Å²) in [6.07, 6.45) is 11.9. The molecule has 4 N–H and O–H groups in total. The summed E-state index contributed by atoms with van der Waals surface area (Å²) in [5, 5.41) is 25.1. The topological polar surface area (TPSA) is 98.3 Å². The van der Waals surface area contributed by atoms with Gasteiger partial charge in [-0.1, -0.05) is 6.92 Å². The zero-order valence-corrected chi connectivity index (χ0v) is 18.1. The number of ether oxygens (including phenoxy) is 1. The number of rotatable bonds is 6. The van der Waals surface area contributed by atoms with Crippen LogP contribution in [0.5, 0.6) is 0 Å². The molecule has 0 aromatic carbocycles. The highest BCUT2D eigenvalue weighted by molar-refractivity contribution is 6.10. The third-order valence-corrected chi connectivity index (χ3v) is 6.33. The monoisotopic (exact) mass is 423 g/mol. The van der Waals surface area contributed by atoms with Gasteiger partial charge in [0.2, 0.25) is 5.69 Å². The van der Waals surface area contributed by atoms with Crippen LogP contribution in [0, 0.1) is 11.3 Å². The molecule has 0 aliphatic heterocycles. The highest BCUT2D eigenvalue weighted by atomic mass is 16.5. The van der Waals surface area contributed by atoms with Crippen molar-refractivity contribution in [3.63, 3.8) is 0 Å². The molecule has 3 aliphatic carbocycles. The molecule has 4 rings (SSSR count). The summed E-state index contributed by atoms with van der Waals surface area (Å²) in [7, 11) is 1.51. The van der Waals surface area contributed by atoms with Crippen molar-refractivity contribution in [1.29, 1.82) is 5.41 Å². The number of nitrogens with zero attached hydrogens (tertiary/aromatic N) is 1. The zero-order valence-electron chi connectivity index (χ0n) is 18.1. The van der Waals surface area contributed by atoms with Crippen LogP contribution in [0.25, 0.3) is 0 Å². The van der Waals surface area contributed by atoms with E-state index in [1.807, 2.05) is 12.3 Å². The average Bonchev–Trinajstić information content (AvgIpc) is 3.60. The van der Waals surface area contributed by atoms with Gasteiger partial charge in [-0.15, -0.1) is 0 Å². The molecule has 2 fully saturated rings. The second-order valence-corrected chi connectivity index (χ2v) is 8.78. The summed E-state index contributed by atoms with van der Waals surface area (Å²) >= 11 is 0. The molecule has 3 aliphatic rings. The van der Waals surface area contributed by atoms with Crippen LogP contribution in [0.3, 0.4) is 0 Å². The van der Waals surface area contributed by atoms with Crippen molar-refractivity contribution in [3.8, 4) is 0 Å². The first-order chi connectivity index (χ1) is 15.0. The van der Waals surface area contributed by atoms with E-state index in [9.17, 15) is 10.0 Å². The molecule has 1 heterocycles. The first kappa shape index (κ1) is 21.2. The minimum absolute atomic E-state index is 0.168. The SMILES string of the molecule is COC1=CC(=N)/C(=C\N[C@H]2CC[C@H](C)CC2)C=C1NC(=O)c1cccc(C2CC2)[n+]1O. The van der Waals surface area contributed by atoms with E-state index in [-0.39, 0.29) is 5.69 Å². The second-order valence-electron chi connectivity index (χ2n) is 8.78. The summed E-state index contributed by atoms with van der Waals surface area (Å²) < 4.78 is 6.37. The van der Waals surface area contributed by atoms with Gasteiger partial charge in [0.25, 0.3) is 0 Å². The van der Waals surface area contributed by atoms with E-state index in [0.29, 0.717) is 34.7 Å². The van der Waals surface area contributed by atoms with Crippen molar-refractivity contribution >= 4 is 11.6 Å². The molecule has 164 valence electrons. The predicted octanol–water partition coefficient (Wildman–Crippen LogP) is 3.32. The van der Waals surface area contributed by atoms with Gasteiger partial charge < -0.3 is 20.8 Å². The molecule has 0 bridgehead atoms. The van der Waals surface area contributed by atoms with Gasteiger partial charge in [-0.2, -0.15) is 0 Å². The summed E-state index contributed by atoms with van der Waals surface area (Å²) in [5.74, 6) is 1.07. The molecule has 0 saturated heterocycles. The Kier molecular flexibility index (Phi) is 6.11. The lowest BCUT2D eigenvalue weighted by Crippen LogP contribution is -2.45. The Bertz CT molecular complexity index is 967. The number of aromatic nitrogens is 1. The van der Waals surface area contributed by atoms with Crippen LogP contribution in [0.4, 0.5) is 0 Å². The smallest absolute Gasteiger partial charge is 0.325 e. The number of carbonyl (C=O) groups is 1. The Balaban J connectivity index is 1.51. The molecule has 0 atom stereocenters. The molecular weight excluding hydrogens is 392 g/mol. The zero-order chi connectivity index (χ0) is 22.0. The van der Waals surface area contributed by atoms with Crippen LogP contribution >= 0.6 is 0 Å². The summed E-state index contributed by atoms with van der Waals surface area (Å²) in [6.45, 7) is 2.29. The molecule has 7 nitrogen and oxygen atoms in total. The van der Waals surface area contributed by atoms with Crippen LogP contribution in [0.15, 0.2) is 53.6 Å². The number of amides is 1. The van der Waals surface area contributed by atoms with Gasteiger partial charge >= 0.3 is 11.6 Å². The molecule has 2 saturated carbocycles. The number of hydrogen-bond acceptors (Lipinski definition) is 5. The van der Waals surface area contributed by atoms with Crippen molar-refractivity contribution < 1.29 is 19.5 Å². The third-order valence-electron chi connectivity index (χ3n) is 6.33. The van der Waals surface area contributed by atoms with Crippen LogP contribution in [0.2, 0.25) is 0 Å². The fourth-order valence-electron chi connectivity index (χ4n) is 4.18. The quantitative estimate of drug-likeness (QED) is 0.417. The minimum Gasteiger partial charge on any atom is -0.494 e. The number of hydrogen-bond donors (Lipinski definition) is 4. The van der Waals surface area contributed by atoms with E-state index >= 15 is 0 Å². The largest absolute Gasteiger partial charge is 0.494 e. The second kappa shape index (κ2) is 8.96. The van der Waals surface area contributed by atoms with E-state index in [1.54, 1.807) is 24.3 Å². The summed E-state index contributed by atoms with van der Waals surface area (Å²) in [5.41, 5.74) is 2.38. The van der Waals surface area contributed by atoms with Crippen LogP contribution < -0.4 is 15.4 Å². The van der Waals surface area contributed by atoms with Gasteiger partial charge in [0.1, 0.15) is 5.76 Å². The molecule has 0 radical (unpaired) electrons. The van der Waals surface area contributed by atoms with Crippen LogP contribution in [-0.2, 0) is 4.74 Å². The van der Waals surface area contributed by atoms with Gasteiger partial charge in [-0.25, -0.2) is 0 Å². The molecule has 31 heavy (non-hydrogen) atoms. The normalized spacial score (nSPS) is 25.0. The maximum Gasteiger partial charge on any atom is 0.325 e. The standard InChI is InChI=1S/C24H30N4O3/c1-15-6-10-18(11-7-15)26-14-17-12-20(23(31-2)13-19(17)25)27-24(29)22-5-3-4-21(28(22)30)16-8-9-16/h3-5,12-16,18,25,29-30H,6-11H2,1-2H3/p+1/t15-,18-. The lowest BCUT2D eigenvalue weighted by molar-refractivity contribution is -0.910. The van der Waals surface area contributed by atoms with Crippen molar-refractivity contribution in [3.05, 3.63) is 65.0 Å². The van der Waals surface area contributed by atoms with Gasteiger partial charge in [0.15, 0.2) is 0 Å². The van der Waals surface area contributed by atoms with Crippen molar-refractivity contribution in [1.82, 2.24) is 10.6 Å². The Morgan fingerprint density at radius 1 is 1.19 bits per heavy atom. The van der Waals surface area contributed by atoms with Gasteiger partial charge in [0.05, 0.1) is 18.5 Å². The number of nitrogens with one attached hydrogen (secondary N) is 3. The number of allylic oxidation sites excluding steroid dienone is 3. The molecule has 1 amide bonds. The maximum absolute atomic E-state index is 12.9. The highest BCUT2D eigenvalue weighted by Crippen LogP contribution is 2.38. The fraction of sp³-hybridized carbons (Fsp3) is 0.458. The molecule has 7 heteroatoms. The summed E-state index contributed by atoms with van der Waals surface area (Å²) in [6, 6.07) is 5.63. The third kappa shape index (κ3) is 4.81. The lowest BCUT2D eigenvalue weighted by Gasteiger charge is -2.27. The number of carbonyl (C=O) groups excluding carboxylic acids is 1. The Morgan fingerprint density at radius 2 is 1.94 bits per heavy atom. The fourth-order valence-corrected chi connectivity index (χ4v) is 4.18. The number of methoxy groups -OCH3 is 1. The van der Waals surface area contributed by atoms with Crippen LogP contribution in [-0.4, -0.2) is 30.0 Å². The molecule has 1 aromatic heterocycles. The molecular formula is C24H31N4O3+. The molecule has 0 unspecified atom stereocenters. The van der Waals surface area contributed by atoms with E-state index in [2.05, 4.69) is 17.6 Å². The molecule has 0 spiro atoms. The van der Waals surface area contributed by atoms with Crippen LogP contribution in [0.1, 0.15) is 67.5 Å². The maximum atomic E-state index is 12.9. The minimum atomic E-state index is -0.429. The van der Waals surface area contributed by atoms with E-state index in [1.165, 1.54) is 20.0 Å². The Hall–Kier alpha value is -3.09. The number of pyridine rings is 1. The van der Waals surface area contributed by atoms with Crippen molar-refractivity contribution in [2.75, 3.05) is 7.11 Å². The molecule has 1 aromatic rings. The first-order valence-electron chi connectivity index (χ1n) is 11.0. The first-order valence-corrected chi connectivity index (χ1v) is 11.0. The predicted molar refractivity (Wildman–Crippen MR) is 117 cm³/mol. The van der Waals surface area contributed by atoms with Gasteiger partial charge in [-0.3, -0.25) is 10.0 Å². The van der Waals surface area contributed by atoms with E-state index < -0.39 is 5.91 Å². The van der Waals surface area contributed by atoms with Crippen molar-refractivity contribution in [2.45, 2.75) is 57.4 Å². The average molecular weight is 424 g/mol. The van der Waals surface area contributed by atoms with E-state index in [0.717, 1.165) is 42.0 Å². The van der Waals surface area contributed by atoms with Gasteiger partial charge in [-0.05, 0) is 56.6 Å². The lowest BCUT2D eigenvalue weighted by atomic mass is 9.87. The van der Waals surface area contributed by atoms with Crippen molar-refractivity contribution in [2.24, 2.45) is 5.92 Å². The Morgan fingerprint density at radius 3 is 2.61 bits per heavy atom. The summed E-state index contributed by atoms with van der Waals surface area (Å²) in [4.78, 5) is 12.9. The highest BCUT2D eigenvalue weighted by Gasteiger charge is 2.36.